The first-order valence-corrected chi connectivity index (χ1v) is 10.0. The summed E-state index contributed by atoms with van der Waals surface area (Å²) in [6.45, 7) is 2.98. The lowest BCUT2D eigenvalue weighted by Gasteiger charge is -2.29. The molecule has 0 aliphatic carbocycles. The van der Waals surface area contributed by atoms with E-state index < -0.39 is 0 Å². The lowest BCUT2D eigenvalue weighted by atomic mass is 10.1. The smallest absolute Gasteiger partial charge is 0.271 e. The van der Waals surface area contributed by atoms with Crippen molar-refractivity contribution in [2.45, 2.75) is 12.1 Å². The van der Waals surface area contributed by atoms with Crippen molar-refractivity contribution >= 4 is 44.9 Å². The Labute approximate surface area is 158 Å². The lowest BCUT2D eigenvalue weighted by Crippen LogP contribution is -2.39. The van der Waals surface area contributed by atoms with Gasteiger partial charge in [-0.2, -0.15) is 0 Å². The fourth-order valence-corrected chi connectivity index (χ4v) is 4.54. The van der Waals surface area contributed by atoms with Gasteiger partial charge in [0.1, 0.15) is 17.1 Å². The van der Waals surface area contributed by atoms with Crippen LogP contribution in [0.1, 0.15) is 5.56 Å². The predicted molar refractivity (Wildman–Crippen MR) is 105 cm³/mol. The van der Waals surface area contributed by atoms with Gasteiger partial charge in [-0.05, 0) is 36.1 Å². The minimum Gasteiger partial charge on any atom is -0.490 e. The van der Waals surface area contributed by atoms with Crippen molar-refractivity contribution in [1.82, 2.24) is 9.55 Å². The number of carbonyl (C=O) groups is 1. The molecule has 0 N–H and O–H groups in total. The van der Waals surface area contributed by atoms with Gasteiger partial charge in [0, 0.05) is 7.05 Å². The maximum absolute atomic E-state index is 12.8. The molecular weight excluding hydrogens is 370 g/mol. The summed E-state index contributed by atoms with van der Waals surface area (Å²) in [5, 5.41) is 2.40. The molecule has 8 heteroatoms. The number of thiophene rings is 1. The number of fused-ring (bicyclic) bond motifs is 2. The fourth-order valence-electron chi connectivity index (χ4n) is 2.89. The van der Waals surface area contributed by atoms with Gasteiger partial charge in [-0.25, -0.2) is 4.98 Å². The summed E-state index contributed by atoms with van der Waals surface area (Å²) >= 11 is 2.67. The number of nitrogens with zero attached hydrogens (tertiary/aromatic N) is 3. The topological polar surface area (TPSA) is 64.4 Å². The van der Waals surface area contributed by atoms with Gasteiger partial charge in [0.2, 0.25) is 5.91 Å². The molecule has 1 aliphatic heterocycles. The fraction of sp³-hybridized carbons (Fsp3) is 0.278. The van der Waals surface area contributed by atoms with Crippen LogP contribution in [0.15, 0.2) is 39.6 Å². The van der Waals surface area contributed by atoms with Crippen LogP contribution in [-0.4, -0.2) is 34.4 Å². The van der Waals surface area contributed by atoms with Gasteiger partial charge in [-0.3, -0.25) is 14.2 Å². The Kier molecular flexibility index (Phi) is 4.46. The number of anilines is 1. The van der Waals surface area contributed by atoms with Crippen LogP contribution in [0.3, 0.4) is 0 Å². The van der Waals surface area contributed by atoms with Crippen molar-refractivity contribution in [1.29, 1.82) is 0 Å². The van der Waals surface area contributed by atoms with Crippen LogP contribution in [0.4, 0.5) is 5.69 Å². The van der Waals surface area contributed by atoms with Crippen molar-refractivity contribution in [3.05, 3.63) is 45.6 Å². The van der Waals surface area contributed by atoms with Crippen LogP contribution in [-0.2, 0) is 11.8 Å². The van der Waals surface area contributed by atoms with E-state index in [1.807, 2.05) is 36.6 Å². The Morgan fingerprint density at radius 1 is 1.38 bits per heavy atom. The van der Waals surface area contributed by atoms with Crippen LogP contribution < -0.4 is 15.2 Å². The third-order valence-electron chi connectivity index (χ3n) is 4.25. The third kappa shape index (κ3) is 2.99. The van der Waals surface area contributed by atoms with Crippen LogP contribution in [0.25, 0.3) is 10.2 Å². The van der Waals surface area contributed by atoms with Gasteiger partial charge < -0.3 is 9.64 Å². The first kappa shape index (κ1) is 17.1. The number of aromatic nitrogens is 2. The van der Waals surface area contributed by atoms with E-state index in [1.165, 1.54) is 27.7 Å². The maximum atomic E-state index is 12.8. The maximum Gasteiger partial charge on any atom is 0.271 e. The zero-order chi connectivity index (χ0) is 18.3. The van der Waals surface area contributed by atoms with E-state index in [2.05, 4.69) is 4.98 Å². The average molecular weight is 387 g/mol. The summed E-state index contributed by atoms with van der Waals surface area (Å²) < 4.78 is 7.79. The zero-order valence-electron chi connectivity index (χ0n) is 14.4. The molecule has 0 fully saturated rings. The standard InChI is InChI=1S/C18H17N3O3S2/c1-11-3-4-14-13(9-11)21(6-7-24-14)15(22)10-26-18-19-12-5-8-25-16(12)17(23)20(18)2/h3-5,8-9H,6-7,10H2,1-2H3. The number of benzene rings is 1. The second-order valence-electron chi connectivity index (χ2n) is 6.05. The van der Waals surface area contributed by atoms with Gasteiger partial charge >= 0.3 is 0 Å². The van der Waals surface area contributed by atoms with E-state index in [0.717, 1.165) is 17.0 Å². The molecule has 6 nitrogen and oxygen atoms in total. The monoisotopic (exact) mass is 387 g/mol. The number of thioether (sulfide) groups is 1. The van der Waals surface area contributed by atoms with E-state index in [9.17, 15) is 9.59 Å². The van der Waals surface area contributed by atoms with Gasteiger partial charge in [-0.15, -0.1) is 11.3 Å². The normalized spacial score (nSPS) is 13.5. The van der Waals surface area contributed by atoms with E-state index in [4.69, 9.17) is 4.74 Å². The predicted octanol–water partition coefficient (Wildman–Crippen LogP) is 2.82. The van der Waals surface area contributed by atoms with E-state index in [-0.39, 0.29) is 17.2 Å². The Morgan fingerprint density at radius 2 is 2.23 bits per heavy atom. The second-order valence-corrected chi connectivity index (χ2v) is 7.91. The van der Waals surface area contributed by atoms with E-state index >= 15 is 0 Å². The Hall–Kier alpha value is -2.32. The molecule has 0 saturated carbocycles. The zero-order valence-corrected chi connectivity index (χ0v) is 16.0. The molecule has 1 aliphatic rings. The van der Waals surface area contributed by atoms with E-state index in [0.29, 0.717) is 28.5 Å². The second kappa shape index (κ2) is 6.77. The van der Waals surface area contributed by atoms with Gasteiger partial charge in [0.25, 0.3) is 5.56 Å². The van der Waals surface area contributed by atoms with Crippen LogP contribution >= 0.6 is 23.1 Å². The number of amides is 1. The SMILES string of the molecule is Cc1ccc2c(c1)N(C(=O)CSc1nc3ccsc3c(=O)n1C)CCO2. The van der Waals surface area contributed by atoms with Gasteiger partial charge in [0.15, 0.2) is 5.16 Å². The summed E-state index contributed by atoms with van der Waals surface area (Å²) in [5.41, 5.74) is 2.48. The molecule has 134 valence electrons. The molecule has 4 rings (SSSR count). The van der Waals surface area contributed by atoms with Crippen LogP contribution in [0, 0.1) is 6.92 Å². The molecule has 0 bridgehead atoms. The number of hydrogen-bond donors (Lipinski definition) is 0. The molecule has 3 heterocycles. The summed E-state index contributed by atoms with van der Waals surface area (Å²) in [6, 6.07) is 7.65. The molecular formula is C18H17N3O3S2. The van der Waals surface area contributed by atoms with Gasteiger partial charge in [0.05, 0.1) is 23.5 Å². The molecule has 1 aromatic carbocycles. The molecule has 3 aromatic rings. The number of aryl methyl sites for hydroxylation is 1. The van der Waals surface area contributed by atoms with Crippen LogP contribution in [0.5, 0.6) is 5.75 Å². The summed E-state index contributed by atoms with van der Waals surface area (Å²) in [7, 11) is 1.69. The first-order chi connectivity index (χ1) is 12.5. The number of ether oxygens (including phenoxy) is 1. The van der Waals surface area contributed by atoms with Crippen molar-refractivity contribution in [2.75, 3.05) is 23.8 Å². The van der Waals surface area contributed by atoms with Crippen molar-refractivity contribution in [2.24, 2.45) is 7.05 Å². The summed E-state index contributed by atoms with van der Waals surface area (Å²) in [6.07, 6.45) is 0. The Morgan fingerprint density at radius 3 is 3.08 bits per heavy atom. The molecule has 2 aromatic heterocycles. The average Bonchev–Trinajstić information content (AvgIpc) is 3.11. The third-order valence-corrected chi connectivity index (χ3v) is 6.16. The minimum atomic E-state index is -0.0766. The first-order valence-electron chi connectivity index (χ1n) is 8.15. The number of rotatable bonds is 3. The quantitative estimate of drug-likeness (QED) is 0.511. The highest BCUT2D eigenvalue weighted by Crippen LogP contribution is 2.33. The minimum absolute atomic E-state index is 0.0233. The molecule has 0 saturated heterocycles. The largest absolute Gasteiger partial charge is 0.490 e. The highest BCUT2D eigenvalue weighted by molar-refractivity contribution is 7.99. The number of hydrogen-bond acceptors (Lipinski definition) is 6. The van der Waals surface area contributed by atoms with Crippen molar-refractivity contribution in [3.8, 4) is 5.75 Å². The van der Waals surface area contributed by atoms with Crippen molar-refractivity contribution < 1.29 is 9.53 Å². The van der Waals surface area contributed by atoms with Gasteiger partial charge in [-0.1, -0.05) is 17.8 Å². The van der Waals surface area contributed by atoms with Crippen molar-refractivity contribution in [3.63, 3.8) is 0 Å². The molecule has 26 heavy (non-hydrogen) atoms. The highest BCUT2D eigenvalue weighted by atomic mass is 32.2. The highest BCUT2D eigenvalue weighted by Gasteiger charge is 2.24. The molecule has 0 spiro atoms. The number of carbonyl (C=O) groups excluding carboxylic acids is 1. The lowest BCUT2D eigenvalue weighted by molar-refractivity contribution is -0.116. The molecule has 1 amide bonds. The van der Waals surface area contributed by atoms with E-state index in [1.54, 1.807) is 11.9 Å². The molecule has 0 unspecified atom stereocenters. The molecule has 0 atom stereocenters. The van der Waals surface area contributed by atoms with Crippen LogP contribution in [0.2, 0.25) is 0 Å². The Bertz CT molecular complexity index is 1060. The summed E-state index contributed by atoms with van der Waals surface area (Å²) in [4.78, 5) is 31.4. The molecule has 0 radical (unpaired) electrons. The summed E-state index contributed by atoms with van der Waals surface area (Å²) in [5.74, 6) is 0.916. The Balaban J connectivity index is 1.56.